The third kappa shape index (κ3) is 3.56. The molecule has 1 aliphatic heterocycles. The van der Waals surface area contributed by atoms with Crippen LogP contribution < -0.4 is 4.90 Å². The van der Waals surface area contributed by atoms with Crippen molar-refractivity contribution in [2.45, 2.75) is 13.0 Å². The predicted octanol–water partition coefficient (Wildman–Crippen LogP) is 2.35. The van der Waals surface area contributed by atoms with E-state index in [1.165, 1.54) is 14.0 Å². The quantitative estimate of drug-likeness (QED) is 0.622. The summed E-state index contributed by atoms with van der Waals surface area (Å²) in [6, 6.07) is 6.65. The number of hydrogen-bond acceptors (Lipinski definition) is 6. The normalized spacial score (nSPS) is 17.6. The smallest absolute Gasteiger partial charge is 0.328 e. The molecule has 1 heterocycles. The van der Waals surface area contributed by atoms with Crippen LogP contribution in [0.15, 0.2) is 29.2 Å². The maximum absolute atomic E-state index is 12.4. The molecular weight excluding hydrogens is 316 g/mol. The highest BCUT2D eigenvalue weighted by molar-refractivity contribution is 8.18. The fourth-order valence-corrected chi connectivity index (χ4v) is 3.02. The zero-order valence-corrected chi connectivity index (χ0v) is 14.2. The van der Waals surface area contributed by atoms with Crippen LogP contribution in [0.25, 0.3) is 6.08 Å². The van der Waals surface area contributed by atoms with Crippen LogP contribution in [0.3, 0.4) is 0 Å². The van der Waals surface area contributed by atoms with Crippen LogP contribution >= 0.6 is 11.8 Å². The van der Waals surface area contributed by atoms with Crippen LogP contribution in [0.4, 0.5) is 10.5 Å². The Labute approximate surface area is 139 Å². The Morgan fingerprint density at radius 1 is 1.26 bits per heavy atom. The molecule has 7 heteroatoms. The summed E-state index contributed by atoms with van der Waals surface area (Å²) < 4.78 is 4.59. The molecule has 2 rings (SSSR count). The Balaban J connectivity index is 2.23. The van der Waals surface area contributed by atoms with Crippen molar-refractivity contribution in [2.75, 3.05) is 26.1 Å². The Morgan fingerprint density at radius 2 is 1.87 bits per heavy atom. The molecule has 0 N–H and O–H groups in total. The van der Waals surface area contributed by atoms with E-state index in [1.807, 2.05) is 43.3 Å². The van der Waals surface area contributed by atoms with Gasteiger partial charge >= 0.3 is 5.97 Å². The molecule has 1 aromatic carbocycles. The Kier molecular flexibility index (Phi) is 5.10. The lowest BCUT2D eigenvalue weighted by molar-refractivity contribution is -0.148. The highest BCUT2D eigenvalue weighted by atomic mass is 32.2. The van der Waals surface area contributed by atoms with E-state index in [-0.39, 0.29) is 0 Å². The number of benzene rings is 1. The van der Waals surface area contributed by atoms with Gasteiger partial charge < -0.3 is 9.64 Å². The van der Waals surface area contributed by atoms with Gasteiger partial charge in [-0.3, -0.25) is 14.5 Å². The second-order valence-corrected chi connectivity index (χ2v) is 6.23. The summed E-state index contributed by atoms with van der Waals surface area (Å²) >= 11 is 0.824. The van der Waals surface area contributed by atoms with Crippen molar-refractivity contribution < 1.29 is 19.1 Å². The highest BCUT2D eigenvalue weighted by Gasteiger charge is 2.41. The van der Waals surface area contributed by atoms with Crippen LogP contribution in [0.1, 0.15) is 12.5 Å². The van der Waals surface area contributed by atoms with Crippen molar-refractivity contribution in [3.8, 4) is 0 Å². The van der Waals surface area contributed by atoms with Crippen molar-refractivity contribution in [1.29, 1.82) is 0 Å². The van der Waals surface area contributed by atoms with Gasteiger partial charge in [0.1, 0.15) is 6.04 Å². The van der Waals surface area contributed by atoms with Gasteiger partial charge in [0.15, 0.2) is 0 Å². The van der Waals surface area contributed by atoms with Gasteiger partial charge in [0, 0.05) is 19.8 Å². The van der Waals surface area contributed by atoms with Gasteiger partial charge in [-0.1, -0.05) is 12.1 Å². The third-order valence-electron chi connectivity index (χ3n) is 3.46. The van der Waals surface area contributed by atoms with Crippen LogP contribution in [0, 0.1) is 0 Å². The topological polar surface area (TPSA) is 66.9 Å². The molecule has 122 valence electrons. The Hall–Kier alpha value is -2.28. The molecule has 1 aliphatic rings. The van der Waals surface area contributed by atoms with E-state index in [2.05, 4.69) is 4.74 Å². The van der Waals surface area contributed by atoms with Crippen molar-refractivity contribution >= 4 is 40.6 Å². The number of hydrogen-bond donors (Lipinski definition) is 0. The number of carbonyl (C=O) groups is 3. The van der Waals surface area contributed by atoms with E-state index in [1.54, 1.807) is 6.08 Å². The molecule has 1 fully saturated rings. The van der Waals surface area contributed by atoms with Crippen LogP contribution in [0.2, 0.25) is 0 Å². The minimum atomic E-state index is -0.936. The molecule has 0 aromatic heterocycles. The SMILES string of the molecule is COC(=O)C(C)N1C(=O)S/C(=C/c2ccc(N(C)C)cc2)C1=O. The number of nitrogens with zero attached hydrogens (tertiary/aromatic N) is 2. The molecule has 0 bridgehead atoms. The van der Waals surface area contributed by atoms with Crippen LogP contribution in [-0.4, -0.2) is 49.3 Å². The molecule has 6 nitrogen and oxygen atoms in total. The first-order valence-electron chi connectivity index (χ1n) is 6.97. The maximum Gasteiger partial charge on any atom is 0.328 e. The first-order valence-corrected chi connectivity index (χ1v) is 7.79. The number of anilines is 1. The summed E-state index contributed by atoms with van der Waals surface area (Å²) in [6.07, 6.45) is 1.65. The molecule has 1 unspecified atom stereocenters. The predicted molar refractivity (Wildman–Crippen MR) is 90.1 cm³/mol. The van der Waals surface area contributed by atoms with Gasteiger partial charge in [-0.2, -0.15) is 0 Å². The summed E-state index contributed by atoms with van der Waals surface area (Å²) in [7, 11) is 5.10. The second kappa shape index (κ2) is 6.87. The fourth-order valence-electron chi connectivity index (χ4n) is 2.11. The standard InChI is InChI=1S/C16H18N2O4S/c1-10(15(20)22-4)18-14(19)13(23-16(18)21)9-11-5-7-12(8-6-11)17(2)3/h5-10H,1-4H3/b13-9+. The Bertz CT molecular complexity index is 667. The molecule has 0 saturated carbocycles. The highest BCUT2D eigenvalue weighted by Crippen LogP contribution is 2.33. The van der Waals surface area contributed by atoms with E-state index >= 15 is 0 Å². The zero-order chi connectivity index (χ0) is 17.1. The average Bonchev–Trinajstić information content (AvgIpc) is 2.80. The van der Waals surface area contributed by atoms with Crippen molar-refractivity contribution in [3.05, 3.63) is 34.7 Å². The van der Waals surface area contributed by atoms with Crippen molar-refractivity contribution in [3.63, 3.8) is 0 Å². The van der Waals surface area contributed by atoms with Crippen LogP contribution in [0.5, 0.6) is 0 Å². The second-order valence-electron chi connectivity index (χ2n) is 5.24. The number of amides is 2. The van der Waals surface area contributed by atoms with E-state index in [0.29, 0.717) is 4.91 Å². The molecule has 1 saturated heterocycles. The fraction of sp³-hybridized carbons (Fsp3) is 0.312. The lowest BCUT2D eigenvalue weighted by atomic mass is 10.2. The monoisotopic (exact) mass is 334 g/mol. The summed E-state index contributed by atoms with van der Waals surface area (Å²) in [5.74, 6) is -1.10. The third-order valence-corrected chi connectivity index (χ3v) is 4.34. The molecule has 23 heavy (non-hydrogen) atoms. The summed E-state index contributed by atoms with van der Waals surface area (Å²) in [5.41, 5.74) is 1.85. The minimum absolute atomic E-state index is 0.295. The number of methoxy groups -OCH3 is 1. The molecule has 0 radical (unpaired) electrons. The van der Waals surface area contributed by atoms with Gasteiger partial charge in [0.25, 0.3) is 11.1 Å². The van der Waals surface area contributed by atoms with Gasteiger partial charge in [-0.05, 0) is 42.5 Å². The number of thioether (sulfide) groups is 1. The van der Waals surface area contributed by atoms with Gasteiger partial charge in [-0.15, -0.1) is 0 Å². The molecule has 2 amide bonds. The van der Waals surface area contributed by atoms with Gasteiger partial charge in [0.2, 0.25) is 0 Å². The number of imide groups is 1. The van der Waals surface area contributed by atoms with E-state index < -0.39 is 23.2 Å². The molecular formula is C16H18N2O4S. The van der Waals surface area contributed by atoms with Gasteiger partial charge in [-0.25, -0.2) is 4.79 Å². The minimum Gasteiger partial charge on any atom is -0.467 e. The van der Waals surface area contributed by atoms with Gasteiger partial charge in [0.05, 0.1) is 12.0 Å². The Morgan fingerprint density at radius 3 is 2.39 bits per heavy atom. The van der Waals surface area contributed by atoms with Crippen LogP contribution in [-0.2, 0) is 14.3 Å². The molecule has 0 spiro atoms. The molecule has 0 aliphatic carbocycles. The number of esters is 1. The van der Waals surface area contributed by atoms with E-state index in [4.69, 9.17) is 0 Å². The lowest BCUT2D eigenvalue weighted by Crippen LogP contribution is -2.42. The maximum atomic E-state index is 12.4. The number of carbonyl (C=O) groups excluding carboxylic acids is 3. The van der Waals surface area contributed by atoms with Crippen molar-refractivity contribution in [2.24, 2.45) is 0 Å². The summed E-state index contributed by atoms with van der Waals surface area (Å²) in [4.78, 5) is 39.1. The summed E-state index contributed by atoms with van der Waals surface area (Å²) in [6.45, 7) is 1.47. The first kappa shape index (κ1) is 17.1. The van der Waals surface area contributed by atoms with E-state index in [0.717, 1.165) is 27.9 Å². The lowest BCUT2D eigenvalue weighted by Gasteiger charge is -2.18. The largest absolute Gasteiger partial charge is 0.467 e. The summed E-state index contributed by atoms with van der Waals surface area (Å²) in [5, 5.41) is -0.468. The van der Waals surface area contributed by atoms with Crippen molar-refractivity contribution in [1.82, 2.24) is 4.90 Å². The number of ether oxygens (including phenoxy) is 1. The molecule has 1 aromatic rings. The van der Waals surface area contributed by atoms with E-state index in [9.17, 15) is 14.4 Å². The number of rotatable bonds is 4. The molecule has 1 atom stereocenters. The zero-order valence-electron chi connectivity index (χ0n) is 13.4. The average molecular weight is 334 g/mol. The first-order chi connectivity index (χ1) is 10.8.